The summed E-state index contributed by atoms with van der Waals surface area (Å²) < 4.78 is 0. The van der Waals surface area contributed by atoms with Crippen LogP contribution in [0.3, 0.4) is 0 Å². The number of hydrogen-bond donors (Lipinski definition) is 3. The van der Waals surface area contributed by atoms with E-state index in [0.717, 1.165) is 76.4 Å². The van der Waals surface area contributed by atoms with Crippen molar-refractivity contribution < 1.29 is 4.79 Å². The molecule has 1 atom stereocenters. The fourth-order valence-electron chi connectivity index (χ4n) is 6.67. The third-order valence-corrected chi connectivity index (χ3v) is 9.08. The van der Waals surface area contributed by atoms with Crippen molar-refractivity contribution in [2.75, 3.05) is 36.4 Å². The molecule has 1 unspecified atom stereocenters. The number of H-pyrrole nitrogens is 1. The highest BCUT2D eigenvalue weighted by molar-refractivity contribution is 6.32. The molecule has 9 heteroatoms. The molecule has 5 heterocycles. The van der Waals surface area contributed by atoms with E-state index in [-0.39, 0.29) is 11.9 Å². The highest BCUT2D eigenvalue weighted by Crippen LogP contribution is 2.51. The molecule has 0 saturated carbocycles. The van der Waals surface area contributed by atoms with Crippen LogP contribution in [0.15, 0.2) is 103 Å². The van der Waals surface area contributed by atoms with Crippen LogP contribution in [0.2, 0.25) is 10.0 Å². The molecule has 1 saturated heterocycles. The minimum Gasteiger partial charge on any atom is -0.352 e. The number of anilines is 2. The molecule has 8 rings (SSSR count). The molecular formula is C36H28Cl2N6O. The van der Waals surface area contributed by atoms with Crippen LogP contribution in [-0.2, 0) is 0 Å². The Labute approximate surface area is 270 Å². The van der Waals surface area contributed by atoms with Crippen molar-refractivity contribution in [3.05, 3.63) is 141 Å². The Morgan fingerprint density at radius 1 is 0.956 bits per heavy atom. The van der Waals surface area contributed by atoms with Crippen LogP contribution in [0.4, 0.5) is 11.5 Å². The summed E-state index contributed by atoms with van der Waals surface area (Å²) in [6, 6.07) is 25.5. The first-order chi connectivity index (χ1) is 22.1. The van der Waals surface area contributed by atoms with Crippen LogP contribution < -0.4 is 15.5 Å². The molecule has 0 aliphatic carbocycles. The molecule has 3 aliphatic heterocycles. The fraction of sp³-hybridized carbons (Fsp3) is 0.139. The summed E-state index contributed by atoms with van der Waals surface area (Å²) in [6.07, 6.45) is 5.71. The number of nitrogens with zero attached hydrogens (tertiary/aromatic N) is 3. The van der Waals surface area contributed by atoms with Crippen LogP contribution in [-0.4, -0.2) is 47.0 Å². The Hall–Kier alpha value is -4.78. The van der Waals surface area contributed by atoms with Crippen LogP contribution in [0, 0.1) is 0 Å². The Morgan fingerprint density at radius 3 is 2.56 bits per heavy atom. The van der Waals surface area contributed by atoms with Crippen molar-refractivity contribution >= 4 is 62.8 Å². The van der Waals surface area contributed by atoms with Crippen molar-refractivity contribution in [1.82, 2.24) is 20.2 Å². The molecule has 3 aromatic carbocycles. The predicted octanol–water partition coefficient (Wildman–Crippen LogP) is 7.49. The van der Waals surface area contributed by atoms with Gasteiger partial charge in [-0.1, -0.05) is 65.7 Å². The minimum atomic E-state index is -0.254. The lowest BCUT2D eigenvalue weighted by molar-refractivity contribution is 0.102. The maximum Gasteiger partial charge on any atom is 0.272 e. The summed E-state index contributed by atoms with van der Waals surface area (Å²) in [5, 5.41) is 8.78. The molecule has 45 heavy (non-hydrogen) atoms. The van der Waals surface area contributed by atoms with E-state index in [4.69, 9.17) is 23.2 Å². The maximum atomic E-state index is 14.4. The first-order valence-electron chi connectivity index (χ1n) is 14.9. The van der Waals surface area contributed by atoms with Gasteiger partial charge < -0.3 is 25.4 Å². The van der Waals surface area contributed by atoms with Gasteiger partial charge in [-0.05, 0) is 59.2 Å². The van der Waals surface area contributed by atoms with E-state index in [0.29, 0.717) is 21.4 Å². The molecule has 3 N–H and O–H groups in total. The van der Waals surface area contributed by atoms with E-state index in [1.165, 1.54) is 0 Å². The number of benzene rings is 3. The van der Waals surface area contributed by atoms with Crippen LogP contribution >= 0.6 is 23.2 Å². The third-order valence-electron chi connectivity index (χ3n) is 8.61. The van der Waals surface area contributed by atoms with E-state index >= 15 is 0 Å². The second-order valence-corrected chi connectivity index (χ2v) is 12.2. The summed E-state index contributed by atoms with van der Waals surface area (Å²) in [5.74, 6) is 0.508. The zero-order chi connectivity index (χ0) is 30.5. The normalized spacial score (nSPS) is 17.2. The molecule has 0 radical (unpaired) electrons. The lowest BCUT2D eigenvalue weighted by atomic mass is 9.84. The van der Waals surface area contributed by atoms with Gasteiger partial charge in [0, 0.05) is 70.7 Å². The van der Waals surface area contributed by atoms with Gasteiger partial charge >= 0.3 is 0 Å². The van der Waals surface area contributed by atoms with Crippen molar-refractivity contribution in [2.45, 2.75) is 6.04 Å². The number of nitrogens with one attached hydrogen (secondary N) is 3. The van der Waals surface area contributed by atoms with E-state index in [1.807, 2.05) is 79.0 Å². The topological polar surface area (TPSA) is 76.3 Å². The van der Waals surface area contributed by atoms with Gasteiger partial charge in [-0.3, -0.25) is 4.79 Å². The van der Waals surface area contributed by atoms with Gasteiger partial charge in [0.1, 0.15) is 5.69 Å². The van der Waals surface area contributed by atoms with Crippen molar-refractivity contribution in [3.8, 4) is 0 Å². The number of carbonyl (C=O) groups is 1. The van der Waals surface area contributed by atoms with E-state index < -0.39 is 0 Å². The van der Waals surface area contributed by atoms with Gasteiger partial charge in [-0.25, -0.2) is 4.98 Å². The van der Waals surface area contributed by atoms with Gasteiger partial charge in [0.05, 0.1) is 17.4 Å². The molecule has 7 nitrogen and oxygen atoms in total. The highest BCUT2D eigenvalue weighted by atomic mass is 35.5. The van der Waals surface area contributed by atoms with Crippen molar-refractivity contribution in [2.24, 2.45) is 0 Å². The Bertz CT molecular complexity index is 2060. The standard InChI is InChI=1S/C36H28Cl2N6O/c37-24-12-10-23(11-13-24)33-27-20-25(38)21-29-30(27)31(34-26(8-5-17-44(33)34)22-6-2-1-3-7-22)32(41-29)36(45)42-28-9-4-14-40-35(28)43-18-15-39-16-19-43/h1-4,6-14,17,20-21,33,39,41H,15-16,18-19H2,(H,42,45). The molecule has 5 aromatic rings. The Balaban J connectivity index is 1.35. The Morgan fingerprint density at radius 2 is 1.76 bits per heavy atom. The largest absolute Gasteiger partial charge is 0.352 e. The molecule has 2 aromatic heterocycles. The SMILES string of the molecule is O=C(Nc1cccnc1N1CCNCC1)c1[nH]c2cc(Cl)cc3c2c1C1=C(c2ccccc2)C=C=CN1C3c1ccc(Cl)cc1. The molecule has 0 spiro atoms. The summed E-state index contributed by atoms with van der Waals surface area (Å²) in [6.45, 7) is 3.35. The lowest BCUT2D eigenvalue weighted by Crippen LogP contribution is -2.44. The monoisotopic (exact) mass is 630 g/mol. The Kier molecular flexibility index (Phi) is 6.96. The maximum absolute atomic E-state index is 14.4. The van der Waals surface area contributed by atoms with Gasteiger partial charge in [0.2, 0.25) is 0 Å². The summed E-state index contributed by atoms with van der Waals surface area (Å²) in [7, 11) is 0. The predicted molar refractivity (Wildman–Crippen MR) is 182 cm³/mol. The van der Waals surface area contributed by atoms with Gasteiger partial charge in [-0.15, -0.1) is 5.73 Å². The quantitative estimate of drug-likeness (QED) is 0.175. The average Bonchev–Trinajstić information content (AvgIpc) is 3.46. The van der Waals surface area contributed by atoms with Crippen molar-refractivity contribution in [1.29, 1.82) is 0 Å². The summed E-state index contributed by atoms with van der Waals surface area (Å²) in [5.41, 5.74) is 11.1. The lowest BCUT2D eigenvalue weighted by Gasteiger charge is -2.39. The molecule has 3 aliphatic rings. The van der Waals surface area contributed by atoms with E-state index in [1.54, 1.807) is 6.20 Å². The van der Waals surface area contributed by atoms with Gasteiger partial charge in [0.15, 0.2) is 5.82 Å². The molecule has 1 amide bonds. The molecule has 222 valence electrons. The molecular weight excluding hydrogens is 603 g/mol. The minimum absolute atomic E-state index is 0.227. The van der Waals surface area contributed by atoms with E-state index in [2.05, 4.69) is 48.3 Å². The summed E-state index contributed by atoms with van der Waals surface area (Å²) in [4.78, 5) is 26.9. The number of fused-ring (bicyclic) bond motifs is 2. The number of hydrogen-bond acceptors (Lipinski definition) is 5. The number of rotatable bonds is 5. The van der Waals surface area contributed by atoms with Gasteiger partial charge in [0.25, 0.3) is 5.91 Å². The number of halogens is 2. The van der Waals surface area contributed by atoms with Crippen molar-refractivity contribution in [3.63, 3.8) is 0 Å². The second-order valence-electron chi connectivity index (χ2n) is 11.3. The zero-order valence-corrected chi connectivity index (χ0v) is 25.7. The number of piperazine rings is 1. The number of carbonyl (C=O) groups excluding carboxylic acids is 1. The van der Waals surface area contributed by atoms with Crippen LogP contribution in [0.25, 0.3) is 22.2 Å². The molecule has 0 bridgehead atoms. The third kappa shape index (κ3) is 4.82. The second kappa shape index (κ2) is 11.3. The smallest absolute Gasteiger partial charge is 0.272 e. The first kappa shape index (κ1) is 27.7. The first-order valence-corrected chi connectivity index (χ1v) is 15.7. The average molecular weight is 632 g/mol. The number of allylic oxidation sites excluding steroid dienone is 2. The molecule has 1 fully saturated rings. The number of aromatic amines is 1. The summed E-state index contributed by atoms with van der Waals surface area (Å²) >= 11 is 13.1. The van der Waals surface area contributed by atoms with Crippen LogP contribution in [0.5, 0.6) is 0 Å². The number of amides is 1. The van der Waals surface area contributed by atoms with Crippen LogP contribution in [0.1, 0.15) is 38.8 Å². The zero-order valence-electron chi connectivity index (χ0n) is 24.1. The van der Waals surface area contributed by atoms with Gasteiger partial charge in [-0.2, -0.15) is 0 Å². The number of pyridine rings is 1. The number of aromatic nitrogens is 2. The van der Waals surface area contributed by atoms with E-state index in [9.17, 15) is 4.79 Å². The fourth-order valence-corrected chi connectivity index (χ4v) is 7.02. The highest BCUT2D eigenvalue weighted by Gasteiger charge is 2.38.